The molecule has 0 fully saturated rings. The van der Waals surface area contributed by atoms with Gasteiger partial charge in [0.2, 0.25) is 0 Å². The van der Waals surface area contributed by atoms with Gasteiger partial charge in [0.15, 0.2) is 0 Å². The zero-order chi connectivity index (χ0) is 23.8. The van der Waals surface area contributed by atoms with Gasteiger partial charge in [0.05, 0.1) is 24.2 Å². The Balaban J connectivity index is 1.52. The highest BCUT2D eigenvalue weighted by Crippen LogP contribution is 2.38. The summed E-state index contributed by atoms with van der Waals surface area (Å²) in [6.07, 6.45) is 6.34. The summed E-state index contributed by atoms with van der Waals surface area (Å²) in [4.78, 5) is 5.26. The van der Waals surface area contributed by atoms with Crippen LogP contribution in [0.25, 0.3) is 22.0 Å². The van der Waals surface area contributed by atoms with Gasteiger partial charge in [-0.3, -0.25) is 4.98 Å². The number of hydrogen-bond donors (Lipinski definition) is 2. The van der Waals surface area contributed by atoms with Crippen molar-refractivity contribution in [3.8, 4) is 17.0 Å². The summed E-state index contributed by atoms with van der Waals surface area (Å²) in [6.45, 7) is 2.90. The third-order valence-corrected chi connectivity index (χ3v) is 6.10. The Hall–Kier alpha value is -3.42. The van der Waals surface area contributed by atoms with Crippen molar-refractivity contribution in [1.82, 2.24) is 4.98 Å². The summed E-state index contributed by atoms with van der Waals surface area (Å²) in [5.41, 5.74) is 9.70. The van der Waals surface area contributed by atoms with E-state index in [1.54, 1.807) is 12.3 Å². The average Bonchev–Trinajstić information content (AvgIpc) is 2.89. The van der Waals surface area contributed by atoms with Gasteiger partial charge in [-0.05, 0) is 42.1 Å². The summed E-state index contributed by atoms with van der Waals surface area (Å²) in [6, 6.07) is 21.1. The monoisotopic (exact) mass is 472 g/mol. The maximum atomic E-state index is 9.67. The zero-order valence-corrected chi connectivity index (χ0v) is 20.0. The molecule has 0 aliphatic rings. The van der Waals surface area contributed by atoms with Crippen molar-refractivity contribution in [3.05, 3.63) is 72.9 Å². The van der Waals surface area contributed by atoms with E-state index in [-0.39, 0.29) is 0 Å². The highest BCUT2D eigenvalue weighted by atomic mass is 32.2. The first-order valence-corrected chi connectivity index (χ1v) is 12.2. The average molecular weight is 473 g/mol. The Labute approximate surface area is 204 Å². The molecule has 1 heterocycles. The molecule has 0 atom stereocenters. The number of aromatic nitrogens is 1. The zero-order valence-electron chi connectivity index (χ0n) is 19.1. The van der Waals surface area contributed by atoms with E-state index >= 15 is 0 Å². The third-order valence-electron chi connectivity index (χ3n) is 5.56. The minimum absolute atomic E-state index is 0.501. The molecule has 0 amide bonds. The van der Waals surface area contributed by atoms with Crippen LogP contribution in [0.4, 0.5) is 17.1 Å². The Morgan fingerprint density at radius 1 is 0.941 bits per heavy atom. The van der Waals surface area contributed by atoms with Crippen LogP contribution in [0.3, 0.4) is 0 Å². The topological polar surface area (TPSA) is 93.1 Å². The molecular weight excluding hydrogens is 444 g/mol. The Kier molecular flexibility index (Phi) is 8.12. The second-order valence-corrected chi connectivity index (χ2v) is 8.57. The maximum Gasteiger partial charge on any atom is 0.128 e. The van der Waals surface area contributed by atoms with E-state index in [1.807, 2.05) is 60.7 Å². The molecule has 0 aliphatic heterocycles. The van der Waals surface area contributed by atoms with E-state index in [2.05, 4.69) is 22.1 Å². The number of nitrogen functional groups attached to an aromatic ring is 1. The van der Waals surface area contributed by atoms with Gasteiger partial charge in [-0.2, -0.15) is 0 Å². The number of pyridine rings is 1. The lowest BCUT2D eigenvalue weighted by molar-refractivity contribution is 0.306. The molecule has 4 aromatic rings. The third kappa shape index (κ3) is 5.55. The van der Waals surface area contributed by atoms with Gasteiger partial charge in [-0.25, -0.2) is 0 Å². The number of benzene rings is 3. The van der Waals surface area contributed by atoms with Crippen LogP contribution in [0.5, 0.6) is 5.75 Å². The van der Waals surface area contributed by atoms with Crippen LogP contribution in [0.1, 0.15) is 32.6 Å². The van der Waals surface area contributed by atoms with E-state index in [0.717, 1.165) is 34.2 Å². The van der Waals surface area contributed by atoms with Gasteiger partial charge in [0.1, 0.15) is 17.1 Å². The fraction of sp³-hybridized carbons (Fsp3) is 0.222. The number of nitrogens with two attached hydrogens (primary N) is 1. The van der Waals surface area contributed by atoms with Crippen LogP contribution in [0, 0.1) is 0 Å². The van der Waals surface area contributed by atoms with Crippen molar-refractivity contribution in [2.45, 2.75) is 37.5 Å². The lowest BCUT2D eigenvalue weighted by atomic mass is 10.1. The SMILES string of the molecule is CCCCCCOc1ccccc1-c1ccc(/N=N/c2cc(SO)c3ccccc3c2N)cn1. The summed E-state index contributed by atoms with van der Waals surface area (Å²) >= 11 is 0.671. The predicted octanol–water partition coefficient (Wildman–Crippen LogP) is 8.42. The minimum atomic E-state index is 0.501. The van der Waals surface area contributed by atoms with Crippen LogP contribution in [-0.2, 0) is 0 Å². The first kappa shape index (κ1) is 23.7. The highest BCUT2D eigenvalue weighted by Gasteiger charge is 2.10. The molecule has 0 spiro atoms. The highest BCUT2D eigenvalue weighted by molar-refractivity contribution is 7.94. The lowest BCUT2D eigenvalue weighted by Gasteiger charge is -2.11. The summed E-state index contributed by atoms with van der Waals surface area (Å²) in [7, 11) is 0. The van der Waals surface area contributed by atoms with Crippen LogP contribution in [0.2, 0.25) is 0 Å². The van der Waals surface area contributed by atoms with Crippen molar-refractivity contribution in [1.29, 1.82) is 0 Å². The normalized spacial score (nSPS) is 11.4. The van der Waals surface area contributed by atoms with E-state index in [9.17, 15) is 4.55 Å². The molecule has 0 bridgehead atoms. The number of fused-ring (bicyclic) bond motifs is 1. The molecule has 6 nitrogen and oxygen atoms in total. The first-order chi connectivity index (χ1) is 16.7. The minimum Gasteiger partial charge on any atom is -0.493 e. The Morgan fingerprint density at radius 2 is 1.74 bits per heavy atom. The fourth-order valence-electron chi connectivity index (χ4n) is 3.74. The van der Waals surface area contributed by atoms with Crippen LogP contribution in [-0.4, -0.2) is 16.1 Å². The Morgan fingerprint density at radius 3 is 2.50 bits per heavy atom. The molecule has 0 aliphatic carbocycles. The molecule has 174 valence electrons. The second kappa shape index (κ2) is 11.6. The van der Waals surface area contributed by atoms with Crippen LogP contribution in [0.15, 0.2) is 88.1 Å². The molecule has 3 N–H and O–H groups in total. The molecular formula is C27H28N4O2S. The van der Waals surface area contributed by atoms with Gasteiger partial charge in [-0.15, -0.1) is 10.2 Å². The van der Waals surface area contributed by atoms with E-state index < -0.39 is 0 Å². The number of anilines is 1. The second-order valence-electron chi connectivity index (χ2n) is 7.95. The number of rotatable bonds is 10. The number of para-hydroxylation sites is 1. The van der Waals surface area contributed by atoms with E-state index in [4.69, 9.17) is 10.5 Å². The Bertz CT molecular complexity index is 1280. The molecule has 7 heteroatoms. The fourth-order valence-corrected chi connectivity index (χ4v) is 4.18. The number of ether oxygens (including phenoxy) is 1. The smallest absolute Gasteiger partial charge is 0.128 e. The molecule has 0 saturated carbocycles. The summed E-state index contributed by atoms with van der Waals surface area (Å²) < 4.78 is 15.7. The van der Waals surface area contributed by atoms with Gasteiger partial charge in [0, 0.05) is 27.9 Å². The van der Waals surface area contributed by atoms with Gasteiger partial charge in [0.25, 0.3) is 0 Å². The molecule has 0 radical (unpaired) electrons. The van der Waals surface area contributed by atoms with E-state index in [0.29, 0.717) is 40.6 Å². The number of nitrogens with zero attached hydrogens (tertiary/aromatic N) is 3. The molecule has 3 aromatic carbocycles. The summed E-state index contributed by atoms with van der Waals surface area (Å²) in [5.74, 6) is 0.832. The standard InChI is InChI=1S/C27H28N4O2S/c1-2-3-4-9-16-33-25-13-8-7-12-22(25)23-15-14-19(18-29-23)30-31-24-17-26(34-32)20-10-5-6-11-21(20)27(24)28/h5-8,10-15,17-18,32H,2-4,9,16,28H2,1H3/b31-30+. The van der Waals surface area contributed by atoms with Crippen LogP contribution >= 0.6 is 12.0 Å². The van der Waals surface area contributed by atoms with Crippen molar-refractivity contribution < 1.29 is 9.29 Å². The molecule has 4 rings (SSSR count). The molecule has 0 saturated heterocycles. The lowest BCUT2D eigenvalue weighted by Crippen LogP contribution is -1.99. The van der Waals surface area contributed by atoms with Crippen molar-refractivity contribution in [3.63, 3.8) is 0 Å². The van der Waals surface area contributed by atoms with Gasteiger partial charge in [-0.1, -0.05) is 62.6 Å². The summed E-state index contributed by atoms with van der Waals surface area (Å²) in [5, 5.41) is 10.4. The van der Waals surface area contributed by atoms with Gasteiger partial charge >= 0.3 is 0 Å². The predicted molar refractivity (Wildman–Crippen MR) is 140 cm³/mol. The maximum absolute atomic E-state index is 9.67. The van der Waals surface area contributed by atoms with Crippen molar-refractivity contribution in [2.75, 3.05) is 12.3 Å². The van der Waals surface area contributed by atoms with Crippen molar-refractivity contribution >= 4 is 39.9 Å². The quantitative estimate of drug-likeness (QED) is 0.105. The van der Waals surface area contributed by atoms with Gasteiger partial charge < -0.3 is 15.0 Å². The number of unbranched alkanes of at least 4 members (excludes halogenated alkanes) is 3. The van der Waals surface area contributed by atoms with Crippen molar-refractivity contribution in [2.24, 2.45) is 10.2 Å². The molecule has 0 unspecified atom stereocenters. The molecule has 34 heavy (non-hydrogen) atoms. The first-order valence-electron chi connectivity index (χ1n) is 11.4. The number of azo groups is 1. The van der Waals surface area contributed by atoms with Crippen LogP contribution < -0.4 is 10.5 Å². The number of hydrogen-bond acceptors (Lipinski definition) is 7. The molecule has 1 aromatic heterocycles. The largest absolute Gasteiger partial charge is 0.493 e. The van der Waals surface area contributed by atoms with E-state index in [1.165, 1.54) is 19.3 Å².